The van der Waals surface area contributed by atoms with Gasteiger partial charge in [-0.1, -0.05) is 12.5 Å². The molecule has 0 radical (unpaired) electrons. The molecule has 1 aliphatic carbocycles. The Kier molecular flexibility index (Phi) is 5.80. The number of carboxylic acids is 1. The Balaban J connectivity index is 3.11. The van der Waals surface area contributed by atoms with Crippen molar-refractivity contribution in [2.45, 2.75) is 58.5 Å². The summed E-state index contributed by atoms with van der Waals surface area (Å²) in [5.74, 6) is -2.63. The number of aliphatic hydroxyl groups is 2. The van der Waals surface area contributed by atoms with Gasteiger partial charge in [-0.05, 0) is 46.8 Å². The lowest BCUT2D eigenvalue weighted by atomic mass is 9.84. The molecule has 0 saturated heterocycles. The maximum Gasteiger partial charge on any atom is 0.335 e. The van der Waals surface area contributed by atoms with Crippen LogP contribution in [0.3, 0.4) is 0 Å². The topological polar surface area (TPSA) is 96.2 Å². The van der Waals surface area contributed by atoms with Crippen molar-refractivity contribution in [3.05, 3.63) is 23.3 Å². The van der Waals surface area contributed by atoms with Gasteiger partial charge in [0.1, 0.15) is 0 Å². The molecule has 3 N–H and O–H groups in total. The second kappa shape index (κ2) is 6.73. The van der Waals surface area contributed by atoms with Gasteiger partial charge in [-0.15, -0.1) is 0 Å². The lowest BCUT2D eigenvalue weighted by Gasteiger charge is -2.41. The van der Waals surface area contributed by atoms with E-state index in [-0.39, 0.29) is 24.7 Å². The summed E-state index contributed by atoms with van der Waals surface area (Å²) in [7, 11) is 0. The van der Waals surface area contributed by atoms with Crippen molar-refractivity contribution in [2.75, 3.05) is 13.2 Å². The lowest BCUT2D eigenvalue weighted by molar-refractivity contribution is -0.258. The quantitative estimate of drug-likeness (QED) is 0.617. The van der Waals surface area contributed by atoms with E-state index in [9.17, 15) is 20.1 Å². The molecule has 0 aromatic carbocycles. The highest BCUT2D eigenvalue weighted by Crippen LogP contribution is 2.38. The average Bonchev–Trinajstić information content (AvgIpc) is 2.37. The van der Waals surface area contributed by atoms with E-state index in [4.69, 9.17) is 9.47 Å². The van der Waals surface area contributed by atoms with Crippen LogP contribution in [0.5, 0.6) is 0 Å². The zero-order chi connectivity index (χ0) is 18.1. The summed E-state index contributed by atoms with van der Waals surface area (Å²) in [6.07, 6.45) is 3.00. The van der Waals surface area contributed by atoms with Crippen molar-refractivity contribution < 1.29 is 29.6 Å². The van der Waals surface area contributed by atoms with Crippen molar-refractivity contribution in [1.29, 1.82) is 0 Å². The summed E-state index contributed by atoms with van der Waals surface area (Å²) in [5, 5.41) is 29.1. The monoisotopic (exact) mass is 328 g/mol. The van der Waals surface area contributed by atoms with Gasteiger partial charge < -0.3 is 24.8 Å². The molecule has 23 heavy (non-hydrogen) atoms. The van der Waals surface area contributed by atoms with E-state index in [0.717, 1.165) is 0 Å². The molecule has 132 valence electrons. The molecular weight excluding hydrogens is 300 g/mol. The first-order chi connectivity index (χ1) is 10.3. The average molecular weight is 328 g/mol. The van der Waals surface area contributed by atoms with Gasteiger partial charge in [-0.3, -0.25) is 0 Å². The van der Waals surface area contributed by atoms with Gasteiger partial charge in [0.2, 0.25) is 0 Å². The van der Waals surface area contributed by atoms with Gasteiger partial charge in [0.05, 0.1) is 30.0 Å². The van der Waals surface area contributed by atoms with E-state index in [0.29, 0.717) is 5.57 Å². The van der Waals surface area contributed by atoms with Crippen LogP contribution in [-0.4, -0.2) is 51.5 Å². The summed E-state index contributed by atoms with van der Waals surface area (Å²) in [6, 6.07) is 0. The zero-order valence-corrected chi connectivity index (χ0v) is 14.7. The minimum atomic E-state index is -1.23. The summed E-state index contributed by atoms with van der Waals surface area (Å²) < 4.78 is 11.7. The summed E-state index contributed by atoms with van der Waals surface area (Å²) >= 11 is 0. The molecule has 0 fully saturated rings. The fraction of sp³-hybridized carbons (Fsp3) is 0.706. The van der Waals surface area contributed by atoms with Gasteiger partial charge >= 0.3 is 5.97 Å². The Hall–Kier alpha value is -1.21. The van der Waals surface area contributed by atoms with Gasteiger partial charge in [0.15, 0.2) is 5.79 Å². The summed E-state index contributed by atoms with van der Waals surface area (Å²) in [5.41, 5.74) is -1.31. The maximum atomic E-state index is 11.3. The van der Waals surface area contributed by atoms with E-state index >= 15 is 0 Å². The molecule has 1 unspecified atom stereocenters. The van der Waals surface area contributed by atoms with Crippen LogP contribution < -0.4 is 0 Å². The first kappa shape index (κ1) is 19.8. The number of carboxylic acid groups (broad SMARTS) is 1. The third kappa shape index (κ3) is 5.42. The number of aliphatic carboxylic acids is 1. The van der Waals surface area contributed by atoms with Crippen LogP contribution in [0.1, 0.15) is 41.5 Å². The van der Waals surface area contributed by atoms with E-state index in [2.05, 4.69) is 0 Å². The van der Waals surface area contributed by atoms with Crippen LogP contribution in [-0.2, 0) is 14.3 Å². The molecule has 0 spiro atoms. The van der Waals surface area contributed by atoms with Crippen LogP contribution in [0.15, 0.2) is 23.3 Å². The highest BCUT2D eigenvalue weighted by molar-refractivity contribution is 5.91. The van der Waals surface area contributed by atoms with Crippen LogP contribution >= 0.6 is 0 Å². The summed E-state index contributed by atoms with van der Waals surface area (Å²) in [6.45, 7) is 9.97. The zero-order valence-electron chi connectivity index (χ0n) is 14.7. The maximum absolute atomic E-state index is 11.3. The molecule has 0 aliphatic heterocycles. The van der Waals surface area contributed by atoms with Crippen molar-refractivity contribution in [1.82, 2.24) is 0 Å². The Labute approximate surface area is 137 Å². The van der Waals surface area contributed by atoms with Crippen LogP contribution in [0.25, 0.3) is 0 Å². The van der Waals surface area contributed by atoms with Crippen molar-refractivity contribution in [3.8, 4) is 0 Å². The van der Waals surface area contributed by atoms with Crippen LogP contribution in [0.4, 0.5) is 0 Å². The second-order valence-corrected chi connectivity index (χ2v) is 7.38. The predicted molar refractivity (Wildman–Crippen MR) is 85.9 cm³/mol. The highest BCUT2D eigenvalue weighted by atomic mass is 16.7. The molecule has 0 bridgehead atoms. The van der Waals surface area contributed by atoms with E-state index < -0.39 is 23.0 Å². The molecule has 0 saturated carbocycles. The molecule has 0 heterocycles. The Morgan fingerprint density at radius 2 is 1.61 bits per heavy atom. The van der Waals surface area contributed by atoms with Crippen molar-refractivity contribution >= 4 is 5.97 Å². The number of hydrogen-bond acceptors (Lipinski definition) is 5. The predicted octanol–water partition coefficient (Wildman–Crippen LogP) is 1.86. The third-order valence-electron chi connectivity index (χ3n) is 3.69. The first-order valence-corrected chi connectivity index (χ1v) is 7.63. The van der Waals surface area contributed by atoms with Gasteiger partial charge in [0.25, 0.3) is 0 Å². The number of rotatable bonds is 7. The molecule has 1 rings (SSSR count). The minimum Gasteiger partial charge on any atom is -0.478 e. The SMILES string of the molecule is CC1=C(C(=O)O)C=CC(OCC(C)(C)O)(OCC(C)(C)O)C1C. The lowest BCUT2D eigenvalue weighted by Crippen LogP contribution is -2.48. The largest absolute Gasteiger partial charge is 0.478 e. The smallest absolute Gasteiger partial charge is 0.335 e. The standard InChI is InChI=1S/C17H28O6/c1-11-12(2)17(22-9-15(3,4)20,23-10-16(5,6)21)8-7-13(11)14(18)19/h7-8,12,20-21H,9-10H2,1-6H3,(H,18,19). The van der Waals surface area contributed by atoms with E-state index in [1.165, 1.54) is 6.08 Å². The normalized spacial score (nSPS) is 21.7. The Morgan fingerprint density at radius 1 is 1.17 bits per heavy atom. The summed E-state index contributed by atoms with van der Waals surface area (Å²) in [4.78, 5) is 11.3. The number of carbonyl (C=O) groups is 1. The molecular formula is C17H28O6. The molecule has 1 atom stereocenters. The Morgan fingerprint density at radius 3 is 1.96 bits per heavy atom. The van der Waals surface area contributed by atoms with Crippen molar-refractivity contribution in [3.63, 3.8) is 0 Å². The molecule has 0 aromatic heterocycles. The van der Waals surface area contributed by atoms with Gasteiger partial charge in [-0.25, -0.2) is 4.79 Å². The number of hydrogen-bond donors (Lipinski definition) is 3. The molecule has 0 aromatic rings. The number of ether oxygens (including phenoxy) is 2. The van der Waals surface area contributed by atoms with Crippen LogP contribution in [0, 0.1) is 5.92 Å². The minimum absolute atomic E-state index is 0.00320. The highest BCUT2D eigenvalue weighted by Gasteiger charge is 2.43. The fourth-order valence-electron chi connectivity index (χ4n) is 2.22. The molecule has 6 nitrogen and oxygen atoms in total. The molecule has 6 heteroatoms. The van der Waals surface area contributed by atoms with Gasteiger partial charge in [0, 0.05) is 5.92 Å². The second-order valence-electron chi connectivity index (χ2n) is 7.38. The van der Waals surface area contributed by atoms with Crippen molar-refractivity contribution in [2.24, 2.45) is 5.92 Å². The first-order valence-electron chi connectivity index (χ1n) is 7.63. The third-order valence-corrected chi connectivity index (χ3v) is 3.69. The van der Waals surface area contributed by atoms with E-state index in [1.54, 1.807) is 47.6 Å². The van der Waals surface area contributed by atoms with E-state index in [1.807, 2.05) is 0 Å². The molecule has 0 amide bonds. The Bertz CT molecular complexity index is 486. The fourth-order valence-corrected chi connectivity index (χ4v) is 2.22. The van der Waals surface area contributed by atoms with Gasteiger partial charge in [-0.2, -0.15) is 0 Å². The van der Waals surface area contributed by atoms with Crippen LogP contribution in [0.2, 0.25) is 0 Å². The molecule has 1 aliphatic rings.